The normalized spacial score (nSPS) is 12.8. The fourth-order valence-electron chi connectivity index (χ4n) is 1.55. The molecule has 0 saturated carbocycles. The first-order valence-electron chi connectivity index (χ1n) is 6.50. The summed E-state index contributed by atoms with van der Waals surface area (Å²) >= 11 is 0. The van der Waals surface area contributed by atoms with Crippen LogP contribution in [0.4, 0.5) is 5.69 Å². The summed E-state index contributed by atoms with van der Waals surface area (Å²) < 4.78 is 25.9. The average molecular weight is 299 g/mol. The SMILES string of the molecule is CCC(C)NC(=O)c1ccccc1NS(=O)(=O)CCN. The highest BCUT2D eigenvalue weighted by Crippen LogP contribution is 2.17. The molecule has 7 heteroatoms. The van der Waals surface area contributed by atoms with Crippen molar-refractivity contribution in [2.24, 2.45) is 5.73 Å². The van der Waals surface area contributed by atoms with E-state index in [9.17, 15) is 13.2 Å². The Hall–Kier alpha value is -1.60. The maximum atomic E-state index is 12.1. The molecule has 0 aliphatic rings. The molecule has 1 atom stereocenters. The molecule has 1 aromatic carbocycles. The first-order valence-corrected chi connectivity index (χ1v) is 8.15. The van der Waals surface area contributed by atoms with Crippen LogP contribution in [0.5, 0.6) is 0 Å². The summed E-state index contributed by atoms with van der Waals surface area (Å²) in [7, 11) is -3.53. The van der Waals surface area contributed by atoms with E-state index in [-0.39, 0.29) is 29.9 Å². The number of anilines is 1. The summed E-state index contributed by atoms with van der Waals surface area (Å²) in [6.45, 7) is 3.87. The number of sulfonamides is 1. The van der Waals surface area contributed by atoms with E-state index in [2.05, 4.69) is 10.0 Å². The maximum Gasteiger partial charge on any atom is 0.253 e. The van der Waals surface area contributed by atoms with Gasteiger partial charge >= 0.3 is 0 Å². The number of benzene rings is 1. The van der Waals surface area contributed by atoms with Crippen molar-refractivity contribution in [3.8, 4) is 0 Å². The zero-order chi connectivity index (χ0) is 15.2. The van der Waals surface area contributed by atoms with Gasteiger partial charge in [0.05, 0.1) is 17.0 Å². The van der Waals surface area contributed by atoms with Crippen molar-refractivity contribution in [3.05, 3.63) is 29.8 Å². The lowest BCUT2D eigenvalue weighted by molar-refractivity contribution is 0.0940. The average Bonchev–Trinajstić information content (AvgIpc) is 2.38. The van der Waals surface area contributed by atoms with Crippen LogP contribution in [0.1, 0.15) is 30.6 Å². The first-order chi connectivity index (χ1) is 9.39. The summed E-state index contributed by atoms with van der Waals surface area (Å²) in [4.78, 5) is 12.1. The minimum atomic E-state index is -3.53. The molecule has 0 aliphatic carbocycles. The molecule has 1 amide bonds. The fraction of sp³-hybridized carbons (Fsp3) is 0.462. The van der Waals surface area contributed by atoms with Crippen molar-refractivity contribution < 1.29 is 13.2 Å². The monoisotopic (exact) mass is 299 g/mol. The molecule has 20 heavy (non-hydrogen) atoms. The number of nitrogens with one attached hydrogen (secondary N) is 2. The quantitative estimate of drug-likeness (QED) is 0.696. The number of hydrogen-bond acceptors (Lipinski definition) is 4. The highest BCUT2D eigenvalue weighted by Gasteiger charge is 2.16. The van der Waals surface area contributed by atoms with Gasteiger partial charge in [-0.3, -0.25) is 9.52 Å². The molecule has 4 N–H and O–H groups in total. The first kappa shape index (κ1) is 16.5. The molecular weight excluding hydrogens is 278 g/mol. The molecule has 1 rings (SSSR count). The molecule has 0 bridgehead atoms. The molecule has 6 nitrogen and oxygen atoms in total. The highest BCUT2D eigenvalue weighted by atomic mass is 32.2. The van der Waals surface area contributed by atoms with Gasteiger partial charge in [0, 0.05) is 12.6 Å². The van der Waals surface area contributed by atoms with Crippen LogP contribution in [0.2, 0.25) is 0 Å². The second-order valence-electron chi connectivity index (χ2n) is 4.54. The Labute approximate surface area is 119 Å². The third-order valence-corrected chi connectivity index (χ3v) is 4.12. The number of carbonyl (C=O) groups excluding carboxylic acids is 1. The van der Waals surface area contributed by atoms with Crippen LogP contribution in [0.15, 0.2) is 24.3 Å². The minimum Gasteiger partial charge on any atom is -0.350 e. The van der Waals surface area contributed by atoms with Crippen LogP contribution in [0.25, 0.3) is 0 Å². The van der Waals surface area contributed by atoms with Crippen LogP contribution >= 0.6 is 0 Å². The third-order valence-electron chi connectivity index (χ3n) is 2.81. The van der Waals surface area contributed by atoms with Gasteiger partial charge in [-0.15, -0.1) is 0 Å². The van der Waals surface area contributed by atoms with Gasteiger partial charge in [-0.25, -0.2) is 8.42 Å². The summed E-state index contributed by atoms with van der Waals surface area (Å²) in [5.74, 6) is -0.487. The van der Waals surface area contributed by atoms with Gasteiger partial charge in [0.2, 0.25) is 10.0 Å². The molecule has 1 aromatic rings. The Bertz CT molecular complexity index is 558. The van der Waals surface area contributed by atoms with Crippen LogP contribution in [0.3, 0.4) is 0 Å². The van der Waals surface area contributed by atoms with Crippen LogP contribution in [-0.4, -0.2) is 32.7 Å². The van der Waals surface area contributed by atoms with Gasteiger partial charge < -0.3 is 11.1 Å². The fourth-order valence-corrected chi connectivity index (χ4v) is 2.47. The van der Waals surface area contributed by atoms with Crippen molar-refractivity contribution >= 4 is 21.6 Å². The van der Waals surface area contributed by atoms with Crippen molar-refractivity contribution in [2.45, 2.75) is 26.3 Å². The van der Waals surface area contributed by atoms with Gasteiger partial charge in [-0.05, 0) is 25.5 Å². The Balaban J connectivity index is 2.96. The predicted octanol–water partition coefficient (Wildman–Crippen LogP) is 0.915. The number of hydrogen-bond donors (Lipinski definition) is 3. The highest BCUT2D eigenvalue weighted by molar-refractivity contribution is 7.92. The molecule has 0 spiro atoms. The largest absolute Gasteiger partial charge is 0.350 e. The lowest BCUT2D eigenvalue weighted by Gasteiger charge is -2.15. The summed E-state index contributed by atoms with van der Waals surface area (Å²) in [6, 6.07) is 6.51. The van der Waals surface area contributed by atoms with Crippen LogP contribution in [-0.2, 0) is 10.0 Å². The van der Waals surface area contributed by atoms with Gasteiger partial charge in [0.25, 0.3) is 5.91 Å². The zero-order valence-electron chi connectivity index (χ0n) is 11.7. The lowest BCUT2D eigenvalue weighted by Crippen LogP contribution is -2.33. The zero-order valence-corrected chi connectivity index (χ0v) is 12.5. The van der Waals surface area contributed by atoms with E-state index in [0.717, 1.165) is 6.42 Å². The summed E-state index contributed by atoms with van der Waals surface area (Å²) in [5, 5.41) is 2.81. The van der Waals surface area contributed by atoms with Gasteiger partial charge in [-0.1, -0.05) is 19.1 Å². The molecule has 0 heterocycles. The standard InChI is InChI=1S/C13H21N3O3S/c1-3-10(2)15-13(17)11-6-4-5-7-12(11)16-20(18,19)9-8-14/h4-7,10,16H,3,8-9,14H2,1-2H3,(H,15,17). The molecule has 0 aliphatic heterocycles. The topological polar surface area (TPSA) is 101 Å². The van der Waals surface area contributed by atoms with E-state index in [1.54, 1.807) is 24.3 Å². The van der Waals surface area contributed by atoms with E-state index in [1.165, 1.54) is 0 Å². The number of para-hydroxylation sites is 1. The van der Waals surface area contributed by atoms with Gasteiger partial charge in [0.15, 0.2) is 0 Å². The van der Waals surface area contributed by atoms with Crippen LogP contribution < -0.4 is 15.8 Å². The Morgan fingerprint density at radius 3 is 2.60 bits per heavy atom. The van der Waals surface area contributed by atoms with E-state index in [4.69, 9.17) is 5.73 Å². The molecular formula is C13H21N3O3S. The van der Waals surface area contributed by atoms with Crippen molar-refractivity contribution in [1.82, 2.24) is 5.32 Å². The number of nitrogens with two attached hydrogens (primary N) is 1. The molecule has 0 fully saturated rings. The van der Waals surface area contributed by atoms with Gasteiger partial charge in [0.1, 0.15) is 0 Å². The smallest absolute Gasteiger partial charge is 0.253 e. The Kier molecular flexibility index (Phi) is 5.97. The van der Waals surface area contributed by atoms with E-state index in [0.29, 0.717) is 5.56 Å². The molecule has 0 saturated heterocycles. The molecule has 0 radical (unpaired) electrons. The third kappa shape index (κ3) is 4.82. The second-order valence-corrected chi connectivity index (χ2v) is 6.38. The van der Waals surface area contributed by atoms with E-state index >= 15 is 0 Å². The van der Waals surface area contributed by atoms with Crippen LogP contribution in [0, 0.1) is 0 Å². The molecule has 1 unspecified atom stereocenters. The molecule has 0 aromatic heterocycles. The maximum absolute atomic E-state index is 12.1. The lowest BCUT2D eigenvalue weighted by atomic mass is 10.1. The minimum absolute atomic E-state index is 0.0243. The van der Waals surface area contributed by atoms with Gasteiger partial charge in [-0.2, -0.15) is 0 Å². The number of carbonyl (C=O) groups is 1. The predicted molar refractivity (Wildman–Crippen MR) is 80.1 cm³/mol. The second kappa shape index (κ2) is 7.25. The summed E-state index contributed by atoms with van der Waals surface area (Å²) in [6.07, 6.45) is 0.798. The van der Waals surface area contributed by atoms with E-state index < -0.39 is 10.0 Å². The number of rotatable bonds is 7. The summed E-state index contributed by atoms with van der Waals surface area (Å²) in [5.41, 5.74) is 5.82. The molecule has 112 valence electrons. The van der Waals surface area contributed by atoms with Crippen molar-refractivity contribution in [3.63, 3.8) is 0 Å². The van der Waals surface area contributed by atoms with Crippen molar-refractivity contribution in [2.75, 3.05) is 17.0 Å². The van der Waals surface area contributed by atoms with Crippen molar-refractivity contribution in [1.29, 1.82) is 0 Å². The Morgan fingerprint density at radius 1 is 1.35 bits per heavy atom. The number of amides is 1. The Morgan fingerprint density at radius 2 is 2.00 bits per heavy atom. The van der Waals surface area contributed by atoms with E-state index in [1.807, 2.05) is 13.8 Å².